The van der Waals surface area contributed by atoms with Crippen LogP contribution < -0.4 is 16.2 Å². The van der Waals surface area contributed by atoms with E-state index in [1.165, 1.54) is 0 Å². The fourth-order valence-electron chi connectivity index (χ4n) is 0.826. The number of carbonyl (C=O) groups excluding carboxylic acids is 3. The molecule has 0 atom stereocenters. The molecule has 92 valence electrons. The molecule has 0 aromatic heterocycles. The summed E-state index contributed by atoms with van der Waals surface area (Å²) in [6.45, 7) is 3.55. The summed E-state index contributed by atoms with van der Waals surface area (Å²) in [5, 5.41) is 2.40. The summed E-state index contributed by atoms with van der Waals surface area (Å²) < 4.78 is 4.50. The van der Waals surface area contributed by atoms with Gasteiger partial charge in [0.25, 0.3) is 5.91 Å². The van der Waals surface area contributed by atoms with Gasteiger partial charge in [-0.15, -0.1) is 0 Å². The van der Waals surface area contributed by atoms with Crippen LogP contribution in [0.15, 0.2) is 0 Å². The maximum absolute atomic E-state index is 11.1. The van der Waals surface area contributed by atoms with Crippen molar-refractivity contribution >= 4 is 17.9 Å². The lowest BCUT2D eigenvalue weighted by molar-refractivity contribution is -0.126. The van der Waals surface area contributed by atoms with Gasteiger partial charge in [0, 0.05) is 6.42 Å². The third kappa shape index (κ3) is 7.60. The van der Waals surface area contributed by atoms with Crippen molar-refractivity contribution in [2.75, 3.05) is 13.2 Å². The molecule has 0 aromatic rings. The molecule has 0 aromatic carbocycles. The van der Waals surface area contributed by atoms with E-state index in [4.69, 9.17) is 0 Å². The highest BCUT2D eigenvalue weighted by Crippen LogP contribution is 1.84. The zero-order chi connectivity index (χ0) is 12.4. The molecular weight excluding hydrogens is 214 g/mol. The van der Waals surface area contributed by atoms with Gasteiger partial charge in [0.05, 0.1) is 13.2 Å². The molecule has 0 aliphatic rings. The average Bonchev–Trinajstić information content (AvgIpc) is 2.24. The standard InChI is InChI=1S/C9H17N3O4/c1-3-5-7(13)10-6-8(14)11-12-9(15)16-4-2/h3-6H2,1-2H3,(H,10,13)(H,11,14)(H,12,15). The van der Waals surface area contributed by atoms with Crippen molar-refractivity contribution < 1.29 is 19.1 Å². The van der Waals surface area contributed by atoms with Crippen LogP contribution in [0, 0.1) is 0 Å². The first-order chi connectivity index (χ1) is 7.60. The van der Waals surface area contributed by atoms with Crippen LogP contribution in [0.4, 0.5) is 4.79 Å². The maximum Gasteiger partial charge on any atom is 0.426 e. The summed E-state index contributed by atoms with van der Waals surface area (Å²) in [5.74, 6) is -0.716. The summed E-state index contributed by atoms with van der Waals surface area (Å²) in [6, 6.07) is 0. The summed E-state index contributed by atoms with van der Waals surface area (Å²) in [5.41, 5.74) is 4.11. The second-order valence-electron chi connectivity index (χ2n) is 2.92. The molecule has 0 saturated heterocycles. The Morgan fingerprint density at radius 1 is 1.06 bits per heavy atom. The minimum absolute atomic E-state index is 0.175. The van der Waals surface area contributed by atoms with Crippen molar-refractivity contribution in [3.63, 3.8) is 0 Å². The van der Waals surface area contributed by atoms with Crippen LogP contribution >= 0.6 is 0 Å². The molecule has 0 aliphatic heterocycles. The molecule has 3 N–H and O–H groups in total. The normalized spacial score (nSPS) is 9.12. The monoisotopic (exact) mass is 231 g/mol. The Bertz CT molecular complexity index is 231. The van der Waals surface area contributed by atoms with E-state index in [0.29, 0.717) is 12.8 Å². The number of carbonyl (C=O) groups is 3. The van der Waals surface area contributed by atoms with Crippen molar-refractivity contribution in [2.24, 2.45) is 0 Å². The van der Waals surface area contributed by atoms with Crippen LogP contribution in [0.3, 0.4) is 0 Å². The molecule has 0 bridgehead atoms. The topological polar surface area (TPSA) is 96.5 Å². The number of ether oxygens (including phenoxy) is 1. The Labute approximate surface area is 93.9 Å². The Hall–Kier alpha value is -1.79. The average molecular weight is 231 g/mol. The first-order valence-electron chi connectivity index (χ1n) is 5.08. The molecule has 0 saturated carbocycles. The molecule has 0 fully saturated rings. The van der Waals surface area contributed by atoms with Gasteiger partial charge in [0.2, 0.25) is 5.91 Å². The molecule has 0 unspecified atom stereocenters. The van der Waals surface area contributed by atoms with Crippen LogP contribution in [0.5, 0.6) is 0 Å². The number of amides is 3. The number of hydrogen-bond donors (Lipinski definition) is 3. The van der Waals surface area contributed by atoms with Crippen LogP contribution in [0.2, 0.25) is 0 Å². The minimum atomic E-state index is -0.740. The summed E-state index contributed by atoms with van der Waals surface area (Å²) in [7, 11) is 0. The van der Waals surface area contributed by atoms with Gasteiger partial charge in [-0.1, -0.05) is 6.92 Å². The van der Waals surface area contributed by atoms with Crippen molar-refractivity contribution in [3.05, 3.63) is 0 Å². The predicted molar refractivity (Wildman–Crippen MR) is 56.2 cm³/mol. The Balaban J connectivity index is 3.59. The van der Waals surface area contributed by atoms with E-state index < -0.39 is 12.0 Å². The third-order valence-electron chi connectivity index (χ3n) is 1.50. The smallest absolute Gasteiger partial charge is 0.426 e. The van der Waals surface area contributed by atoms with E-state index in [1.807, 2.05) is 12.3 Å². The van der Waals surface area contributed by atoms with E-state index in [9.17, 15) is 14.4 Å². The SMILES string of the molecule is CCCC(=O)NCC(=O)NNC(=O)OCC. The van der Waals surface area contributed by atoms with Gasteiger partial charge < -0.3 is 10.1 Å². The molecule has 0 aliphatic carbocycles. The molecule has 0 spiro atoms. The van der Waals surface area contributed by atoms with Crippen LogP contribution in [0.25, 0.3) is 0 Å². The van der Waals surface area contributed by atoms with Gasteiger partial charge in [0.15, 0.2) is 0 Å². The summed E-state index contributed by atoms with van der Waals surface area (Å²) in [4.78, 5) is 32.8. The van der Waals surface area contributed by atoms with Crippen molar-refractivity contribution in [3.8, 4) is 0 Å². The first kappa shape index (κ1) is 14.2. The molecule has 16 heavy (non-hydrogen) atoms. The van der Waals surface area contributed by atoms with Gasteiger partial charge in [-0.05, 0) is 13.3 Å². The highest BCUT2D eigenvalue weighted by Gasteiger charge is 2.06. The zero-order valence-corrected chi connectivity index (χ0v) is 9.46. The molecule has 0 rings (SSSR count). The largest absolute Gasteiger partial charge is 0.449 e. The molecular formula is C9H17N3O4. The highest BCUT2D eigenvalue weighted by atomic mass is 16.5. The minimum Gasteiger partial charge on any atom is -0.449 e. The quantitative estimate of drug-likeness (QED) is 0.565. The second kappa shape index (κ2) is 8.51. The van der Waals surface area contributed by atoms with Crippen LogP contribution in [0.1, 0.15) is 26.7 Å². The first-order valence-corrected chi connectivity index (χ1v) is 5.08. The predicted octanol–water partition coefficient (Wildman–Crippen LogP) is -0.320. The summed E-state index contributed by atoms with van der Waals surface area (Å²) >= 11 is 0. The van der Waals surface area contributed by atoms with E-state index in [1.54, 1.807) is 6.92 Å². The van der Waals surface area contributed by atoms with Crippen molar-refractivity contribution in [2.45, 2.75) is 26.7 Å². The van der Waals surface area contributed by atoms with Crippen molar-refractivity contribution in [1.29, 1.82) is 0 Å². The zero-order valence-electron chi connectivity index (χ0n) is 9.46. The van der Waals surface area contributed by atoms with Crippen LogP contribution in [-0.2, 0) is 14.3 Å². The molecule has 0 radical (unpaired) electrons. The fraction of sp³-hybridized carbons (Fsp3) is 0.667. The van der Waals surface area contributed by atoms with Crippen LogP contribution in [-0.4, -0.2) is 31.1 Å². The lowest BCUT2D eigenvalue weighted by atomic mass is 10.3. The highest BCUT2D eigenvalue weighted by molar-refractivity contribution is 5.85. The second-order valence-corrected chi connectivity index (χ2v) is 2.92. The fourth-order valence-corrected chi connectivity index (χ4v) is 0.826. The number of hydrazine groups is 1. The van der Waals surface area contributed by atoms with E-state index in [0.717, 1.165) is 0 Å². The molecule has 7 heteroatoms. The number of nitrogens with one attached hydrogen (secondary N) is 3. The lowest BCUT2D eigenvalue weighted by Gasteiger charge is -2.07. The molecule has 0 heterocycles. The number of hydrogen-bond acceptors (Lipinski definition) is 4. The Kier molecular flexibility index (Phi) is 7.56. The maximum atomic E-state index is 11.1. The van der Waals surface area contributed by atoms with Gasteiger partial charge in [-0.25, -0.2) is 10.2 Å². The van der Waals surface area contributed by atoms with Crippen molar-refractivity contribution in [1.82, 2.24) is 16.2 Å². The third-order valence-corrected chi connectivity index (χ3v) is 1.50. The van der Waals surface area contributed by atoms with Gasteiger partial charge in [-0.2, -0.15) is 0 Å². The van der Waals surface area contributed by atoms with Gasteiger partial charge >= 0.3 is 6.09 Å². The Morgan fingerprint density at radius 2 is 1.75 bits per heavy atom. The lowest BCUT2D eigenvalue weighted by Crippen LogP contribution is -2.46. The summed E-state index contributed by atoms with van der Waals surface area (Å²) in [6.07, 6.45) is 0.350. The van der Waals surface area contributed by atoms with E-state index in [-0.39, 0.29) is 19.1 Å². The number of rotatable bonds is 5. The molecule has 7 nitrogen and oxygen atoms in total. The molecule has 3 amide bonds. The van der Waals surface area contributed by atoms with E-state index >= 15 is 0 Å². The van der Waals surface area contributed by atoms with Gasteiger partial charge in [-0.3, -0.25) is 15.0 Å². The van der Waals surface area contributed by atoms with Gasteiger partial charge in [0.1, 0.15) is 0 Å². The Morgan fingerprint density at radius 3 is 2.31 bits per heavy atom. The van der Waals surface area contributed by atoms with E-state index in [2.05, 4.69) is 15.5 Å².